The van der Waals surface area contributed by atoms with E-state index in [1.807, 2.05) is 6.92 Å². The smallest absolute Gasteiger partial charge is 0.259 e. The molecule has 1 aromatic carbocycles. The molecule has 210 valence electrons. The first-order valence-corrected chi connectivity index (χ1v) is 14.9. The van der Waals surface area contributed by atoms with Crippen molar-refractivity contribution in [3.63, 3.8) is 0 Å². The van der Waals surface area contributed by atoms with E-state index in [1.54, 1.807) is 24.1 Å². The number of carbonyl (C=O) groups excluding carboxylic acids is 1. The maximum absolute atomic E-state index is 13.7. The van der Waals surface area contributed by atoms with Gasteiger partial charge < -0.3 is 14.7 Å². The zero-order valence-corrected chi connectivity index (χ0v) is 23.5. The first-order valence-electron chi connectivity index (χ1n) is 13.4. The fourth-order valence-electron chi connectivity index (χ4n) is 4.98. The number of likely N-dealkylation sites (N-methyl/N-ethyl adjacent to an activating group) is 1. The lowest BCUT2D eigenvalue weighted by Gasteiger charge is -2.37. The summed E-state index contributed by atoms with van der Waals surface area (Å²) < 4.78 is 47.4. The summed E-state index contributed by atoms with van der Waals surface area (Å²) in [5, 5.41) is 9.87. The monoisotopic (exact) mass is 557 g/mol. The zero-order valence-electron chi connectivity index (χ0n) is 22.6. The van der Waals surface area contributed by atoms with Gasteiger partial charge in [0, 0.05) is 37.2 Å². The van der Waals surface area contributed by atoms with Gasteiger partial charge in [-0.2, -0.15) is 4.31 Å². The molecule has 39 heavy (non-hydrogen) atoms. The number of rotatable bonds is 6. The lowest BCUT2D eigenvalue weighted by Crippen LogP contribution is -2.50. The van der Waals surface area contributed by atoms with Crippen LogP contribution in [0.1, 0.15) is 61.9 Å². The molecule has 2 aromatic rings. The van der Waals surface area contributed by atoms with E-state index in [2.05, 4.69) is 16.8 Å². The Balaban J connectivity index is 1.65. The van der Waals surface area contributed by atoms with Crippen molar-refractivity contribution in [3.8, 4) is 17.7 Å². The number of fused-ring (bicyclic) bond motifs is 1. The molecular weight excluding hydrogens is 521 g/mol. The van der Waals surface area contributed by atoms with Crippen molar-refractivity contribution in [1.82, 2.24) is 14.2 Å². The standard InChI is InChI=1S/C29H36FN3O5S/c1-20-17-33(21(2)19-34)29(35)26-14-23(13-12-22-8-5-4-6-9-22)16-31-28(26)38-27(20)18-32(3)39(36,37)25-11-7-10-24(30)15-25/h7,10-11,14-16,20-22,27,34H,4-6,8-9,17-19H2,1-3H3/t20-,21+,27+/m1/s1. The number of hydrogen-bond donors (Lipinski definition) is 1. The molecule has 0 bridgehead atoms. The average molecular weight is 558 g/mol. The van der Waals surface area contributed by atoms with E-state index in [0.29, 0.717) is 11.5 Å². The summed E-state index contributed by atoms with van der Waals surface area (Å²) in [5.74, 6) is 5.62. The number of benzene rings is 1. The van der Waals surface area contributed by atoms with Crippen LogP contribution in [0.2, 0.25) is 0 Å². The molecule has 2 aliphatic rings. The highest BCUT2D eigenvalue weighted by Gasteiger charge is 2.36. The number of nitrogens with zero attached hydrogens (tertiary/aromatic N) is 3. The van der Waals surface area contributed by atoms with Crippen molar-refractivity contribution < 1.29 is 27.4 Å². The van der Waals surface area contributed by atoms with Crippen LogP contribution in [0.25, 0.3) is 0 Å². The summed E-state index contributed by atoms with van der Waals surface area (Å²) in [5.41, 5.74) is 0.821. The van der Waals surface area contributed by atoms with Gasteiger partial charge in [0.2, 0.25) is 15.9 Å². The normalized spacial score (nSPS) is 21.3. The van der Waals surface area contributed by atoms with E-state index in [-0.39, 0.29) is 47.9 Å². The highest BCUT2D eigenvalue weighted by molar-refractivity contribution is 7.89. The van der Waals surface area contributed by atoms with Gasteiger partial charge in [-0.1, -0.05) is 44.1 Å². The van der Waals surface area contributed by atoms with Gasteiger partial charge in [-0.3, -0.25) is 4.79 Å². The Bertz CT molecular complexity index is 1350. The van der Waals surface area contributed by atoms with Crippen molar-refractivity contribution >= 4 is 15.9 Å². The number of halogens is 1. The van der Waals surface area contributed by atoms with E-state index in [0.717, 1.165) is 23.2 Å². The SMILES string of the molecule is C[C@@H]1CN([C@@H](C)CO)C(=O)c2cc(C#CC3CCCCC3)cnc2O[C@H]1CN(C)S(=O)(=O)c1cccc(F)c1. The summed E-state index contributed by atoms with van der Waals surface area (Å²) in [6.07, 6.45) is 6.61. The van der Waals surface area contributed by atoms with Crippen molar-refractivity contribution in [2.45, 2.75) is 63.0 Å². The van der Waals surface area contributed by atoms with Crippen molar-refractivity contribution in [3.05, 3.63) is 53.5 Å². The molecule has 1 aromatic heterocycles. The molecule has 2 heterocycles. The fourth-order valence-corrected chi connectivity index (χ4v) is 6.19. The highest BCUT2D eigenvalue weighted by atomic mass is 32.2. The van der Waals surface area contributed by atoms with Gasteiger partial charge in [0.25, 0.3) is 5.91 Å². The first kappa shape index (κ1) is 29.0. The van der Waals surface area contributed by atoms with E-state index >= 15 is 0 Å². The van der Waals surface area contributed by atoms with Crippen molar-refractivity contribution in [2.75, 3.05) is 26.7 Å². The van der Waals surface area contributed by atoms with Crippen LogP contribution < -0.4 is 4.74 Å². The molecule has 0 radical (unpaired) electrons. The van der Waals surface area contributed by atoms with Gasteiger partial charge in [-0.25, -0.2) is 17.8 Å². The van der Waals surface area contributed by atoms with Gasteiger partial charge in [-0.15, -0.1) is 0 Å². The third-order valence-corrected chi connectivity index (χ3v) is 9.31. The Morgan fingerprint density at radius 3 is 2.69 bits per heavy atom. The number of aliphatic hydroxyl groups is 1. The van der Waals surface area contributed by atoms with Crippen LogP contribution in [-0.2, 0) is 10.0 Å². The quantitative estimate of drug-likeness (QED) is 0.544. The minimum absolute atomic E-state index is 0.0556. The molecule has 1 N–H and O–H groups in total. The molecule has 0 saturated heterocycles. The number of aliphatic hydroxyl groups excluding tert-OH is 1. The van der Waals surface area contributed by atoms with E-state index in [4.69, 9.17) is 4.74 Å². The topological polar surface area (TPSA) is 100 Å². The number of aromatic nitrogens is 1. The number of pyridine rings is 1. The Hall–Kier alpha value is -3.00. The van der Waals surface area contributed by atoms with Crippen LogP contribution in [0.4, 0.5) is 4.39 Å². The Morgan fingerprint density at radius 1 is 1.26 bits per heavy atom. The van der Waals surface area contributed by atoms with Crippen LogP contribution in [0, 0.1) is 29.5 Å². The summed E-state index contributed by atoms with van der Waals surface area (Å²) in [6, 6.07) is 6.04. The fraction of sp³-hybridized carbons (Fsp3) is 0.517. The average Bonchev–Trinajstić information content (AvgIpc) is 2.93. The van der Waals surface area contributed by atoms with Crippen molar-refractivity contribution in [1.29, 1.82) is 0 Å². The number of ether oxygens (including phenoxy) is 1. The second-order valence-corrected chi connectivity index (χ2v) is 12.6. The lowest BCUT2D eigenvalue weighted by atomic mass is 9.90. The lowest BCUT2D eigenvalue weighted by molar-refractivity contribution is 0.0373. The Labute approximate surface area is 230 Å². The third-order valence-electron chi connectivity index (χ3n) is 7.49. The van der Waals surface area contributed by atoms with E-state index in [1.165, 1.54) is 44.5 Å². The van der Waals surface area contributed by atoms with Crippen LogP contribution in [-0.4, -0.2) is 72.5 Å². The van der Waals surface area contributed by atoms with Crippen LogP contribution in [0.15, 0.2) is 41.4 Å². The molecular formula is C29H36FN3O5S. The second-order valence-electron chi connectivity index (χ2n) is 10.5. The van der Waals surface area contributed by atoms with Crippen LogP contribution in [0.3, 0.4) is 0 Å². The molecule has 4 rings (SSSR count). The molecule has 3 atom stereocenters. The second kappa shape index (κ2) is 12.5. The summed E-state index contributed by atoms with van der Waals surface area (Å²) >= 11 is 0. The maximum Gasteiger partial charge on any atom is 0.259 e. The van der Waals surface area contributed by atoms with Crippen LogP contribution >= 0.6 is 0 Å². The summed E-state index contributed by atoms with van der Waals surface area (Å²) in [7, 11) is -2.59. The molecule has 1 fully saturated rings. The summed E-state index contributed by atoms with van der Waals surface area (Å²) in [4.78, 5) is 19.4. The van der Waals surface area contributed by atoms with Gasteiger partial charge in [0.05, 0.1) is 24.1 Å². The Morgan fingerprint density at radius 2 is 2.00 bits per heavy atom. The molecule has 0 unspecified atom stereocenters. The molecule has 1 aliphatic heterocycles. The van der Waals surface area contributed by atoms with Gasteiger partial charge in [-0.05, 0) is 44.0 Å². The van der Waals surface area contributed by atoms with E-state index < -0.39 is 28.0 Å². The van der Waals surface area contributed by atoms with Crippen molar-refractivity contribution in [2.24, 2.45) is 11.8 Å². The van der Waals surface area contributed by atoms with Gasteiger partial charge >= 0.3 is 0 Å². The largest absolute Gasteiger partial charge is 0.472 e. The highest BCUT2D eigenvalue weighted by Crippen LogP contribution is 2.29. The first-order chi connectivity index (χ1) is 18.6. The van der Waals surface area contributed by atoms with Gasteiger partial charge in [0.15, 0.2) is 0 Å². The van der Waals surface area contributed by atoms with E-state index in [9.17, 15) is 22.7 Å². The Kier molecular flexibility index (Phi) is 9.26. The molecule has 8 nitrogen and oxygen atoms in total. The summed E-state index contributed by atoms with van der Waals surface area (Å²) in [6.45, 7) is 3.55. The zero-order chi connectivity index (χ0) is 28.2. The number of carbonyl (C=O) groups is 1. The van der Waals surface area contributed by atoms with Gasteiger partial charge in [0.1, 0.15) is 17.5 Å². The predicted molar refractivity (Wildman–Crippen MR) is 145 cm³/mol. The minimum Gasteiger partial charge on any atom is -0.472 e. The number of amides is 1. The predicted octanol–water partition coefficient (Wildman–Crippen LogP) is 3.69. The van der Waals surface area contributed by atoms with Crippen LogP contribution in [0.5, 0.6) is 5.88 Å². The molecule has 1 amide bonds. The molecule has 10 heteroatoms. The molecule has 0 spiro atoms. The maximum atomic E-state index is 13.7. The minimum atomic E-state index is -4.00. The third kappa shape index (κ3) is 6.78. The number of sulfonamides is 1. The molecule has 1 aliphatic carbocycles. The number of hydrogen-bond acceptors (Lipinski definition) is 6. The molecule has 1 saturated carbocycles.